The SMILES string of the molecule is Cn1ncc2cc(C(c3ccc4c(cnn4C)c3)N3CCN(C(=O)On4c(O)ccc4O)CC3)ccc21. The van der Waals surface area contributed by atoms with E-state index >= 15 is 0 Å². The van der Waals surface area contributed by atoms with E-state index in [-0.39, 0.29) is 17.8 Å². The number of aromatic hydroxyl groups is 2. The molecule has 1 amide bonds. The zero-order valence-corrected chi connectivity index (χ0v) is 20.5. The topological polar surface area (TPSA) is 114 Å². The van der Waals surface area contributed by atoms with Gasteiger partial charge < -0.3 is 20.0 Å². The summed E-state index contributed by atoms with van der Waals surface area (Å²) in [6.07, 6.45) is 3.12. The molecule has 2 N–H and O–H groups in total. The summed E-state index contributed by atoms with van der Waals surface area (Å²) in [5, 5.41) is 30.5. The highest BCUT2D eigenvalue weighted by atomic mass is 16.7. The minimum Gasteiger partial charge on any atom is -0.492 e. The third-order valence-electron chi connectivity index (χ3n) is 7.08. The molecular weight excluding hydrogens is 474 g/mol. The molecule has 2 aromatic carbocycles. The molecule has 0 unspecified atom stereocenters. The van der Waals surface area contributed by atoms with Crippen LogP contribution < -0.4 is 4.84 Å². The van der Waals surface area contributed by atoms with E-state index in [1.807, 2.05) is 35.9 Å². The van der Waals surface area contributed by atoms with Crippen molar-refractivity contribution < 1.29 is 19.8 Å². The normalized spacial score (nSPS) is 14.7. The van der Waals surface area contributed by atoms with Crippen molar-refractivity contribution in [1.29, 1.82) is 0 Å². The van der Waals surface area contributed by atoms with Crippen LogP contribution >= 0.6 is 0 Å². The van der Waals surface area contributed by atoms with Crippen LogP contribution in [0.4, 0.5) is 4.79 Å². The highest BCUT2D eigenvalue weighted by Crippen LogP contribution is 2.33. The van der Waals surface area contributed by atoms with Crippen LogP contribution in [0, 0.1) is 0 Å². The van der Waals surface area contributed by atoms with E-state index in [1.165, 1.54) is 12.1 Å². The number of hydrogen-bond acceptors (Lipinski definition) is 7. The fourth-order valence-electron chi connectivity index (χ4n) is 5.11. The van der Waals surface area contributed by atoms with Crippen molar-refractivity contribution >= 4 is 27.9 Å². The Kier molecular flexibility index (Phi) is 5.49. The zero-order chi connectivity index (χ0) is 25.7. The van der Waals surface area contributed by atoms with Gasteiger partial charge >= 0.3 is 6.09 Å². The molecule has 0 radical (unpaired) electrons. The summed E-state index contributed by atoms with van der Waals surface area (Å²) < 4.78 is 4.44. The molecule has 11 heteroatoms. The zero-order valence-electron chi connectivity index (χ0n) is 20.5. The summed E-state index contributed by atoms with van der Waals surface area (Å²) in [4.78, 5) is 21.8. The number of carbonyl (C=O) groups is 1. The number of benzene rings is 2. The monoisotopic (exact) mass is 501 g/mol. The summed E-state index contributed by atoms with van der Waals surface area (Å²) in [7, 11) is 3.86. The van der Waals surface area contributed by atoms with E-state index in [2.05, 4.69) is 51.5 Å². The summed E-state index contributed by atoms with van der Waals surface area (Å²) in [5.41, 5.74) is 4.41. The Labute approximate surface area is 212 Å². The lowest BCUT2D eigenvalue weighted by atomic mass is 9.94. The molecule has 0 saturated carbocycles. The van der Waals surface area contributed by atoms with Crippen LogP contribution in [-0.2, 0) is 14.1 Å². The fourth-order valence-corrected chi connectivity index (χ4v) is 5.11. The lowest BCUT2D eigenvalue weighted by Gasteiger charge is -2.39. The first-order valence-electron chi connectivity index (χ1n) is 12.0. The lowest BCUT2D eigenvalue weighted by Crippen LogP contribution is -2.51. The molecule has 4 heterocycles. The van der Waals surface area contributed by atoms with Gasteiger partial charge in [-0.2, -0.15) is 10.2 Å². The first-order chi connectivity index (χ1) is 17.9. The van der Waals surface area contributed by atoms with Gasteiger partial charge in [0.15, 0.2) is 0 Å². The van der Waals surface area contributed by atoms with Crippen LogP contribution in [0.5, 0.6) is 11.8 Å². The summed E-state index contributed by atoms with van der Waals surface area (Å²) in [5.74, 6) is -0.692. The first kappa shape index (κ1) is 22.9. The Morgan fingerprint density at radius 1 is 0.811 bits per heavy atom. The molecule has 0 bridgehead atoms. The van der Waals surface area contributed by atoms with E-state index in [9.17, 15) is 15.0 Å². The van der Waals surface area contributed by atoms with Gasteiger partial charge in [-0.3, -0.25) is 14.3 Å². The molecule has 1 saturated heterocycles. The third-order valence-corrected chi connectivity index (χ3v) is 7.08. The van der Waals surface area contributed by atoms with Gasteiger partial charge in [-0.1, -0.05) is 12.1 Å². The maximum atomic E-state index is 12.7. The third kappa shape index (κ3) is 4.02. The molecule has 37 heavy (non-hydrogen) atoms. The van der Waals surface area contributed by atoms with Crippen molar-refractivity contribution in [1.82, 2.24) is 34.1 Å². The Hall–Kier alpha value is -4.51. The first-order valence-corrected chi connectivity index (χ1v) is 12.0. The molecule has 3 aromatic heterocycles. The second-order valence-electron chi connectivity index (χ2n) is 9.30. The van der Waals surface area contributed by atoms with Crippen molar-refractivity contribution in [2.75, 3.05) is 26.2 Å². The number of hydrogen-bond donors (Lipinski definition) is 2. The maximum absolute atomic E-state index is 12.7. The fraction of sp³-hybridized carbons (Fsp3) is 0.269. The van der Waals surface area contributed by atoms with Crippen molar-refractivity contribution in [3.63, 3.8) is 0 Å². The lowest BCUT2D eigenvalue weighted by molar-refractivity contribution is 0.0516. The van der Waals surface area contributed by atoms with Gasteiger partial charge in [-0.25, -0.2) is 4.79 Å². The summed E-state index contributed by atoms with van der Waals surface area (Å²) in [6, 6.07) is 15.3. The molecule has 0 spiro atoms. The molecule has 0 atom stereocenters. The molecule has 1 aliphatic rings. The Balaban J connectivity index is 1.28. The van der Waals surface area contributed by atoms with Gasteiger partial charge in [-0.15, -0.1) is 4.73 Å². The predicted octanol–water partition coefficient (Wildman–Crippen LogP) is 2.63. The number of piperazine rings is 1. The van der Waals surface area contributed by atoms with E-state index in [0.29, 0.717) is 30.9 Å². The van der Waals surface area contributed by atoms with E-state index in [1.54, 1.807) is 4.90 Å². The molecule has 1 fully saturated rings. The molecule has 11 nitrogen and oxygen atoms in total. The Morgan fingerprint density at radius 3 is 1.84 bits per heavy atom. The van der Waals surface area contributed by atoms with Crippen molar-refractivity contribution in [2.24, 2.45) is 14.1 Å². The van der Waals surface area contributed by atoms with Crippen LogP contribution in [0.15, 0.2) is 60.9 Å². The van der Waals surface area contributed by atoms with Crippen molar-refractivity contribution in [2.45, 2.75) is 6.04 Å². The second kappa shape index (κ2) is 8.86. The highest BCUT2D eigenvalue weighted by Gasteiger charge is 2.30. The molecule has 6 rings (SSSR count). The van der Waals surface area contributed by atoms with Crippen molar-refractivity contribution in [3.8, 4) is 11.8 Å². The Morgan fingerprint density at radius 2 is 1.32 bits per heavy atom. The number of amides is 1. The molecule has 190 valence electrons. The average Bonchev–Trinajstić information content (AvgIpc) is 3.57. The Bertz CT molecular complexity index is 1510. The van der Waals surface area contributed by atoms with Gasteiger partial charge in [0.2, 0.25) is 11.8 Å². The van der Waals surface area contributed by atoms with Crippen LogP contribution in [0.2, 0.25) is 0 Å². The van der Waals surface area contributed by atoms with Gasteiger partial charge in [0, 0.05) is 63.2 Å². The minimum atomic E-state index is -0.633. The van der Waals surface area contributed by atoms with Gasteiger partial charge in [0.25, 0.3) is 0 Å². The second-order valence-corrected chi connectivity index (χ2v) is 9.30. The maximum Gasteiger partial charge on any atom is 0.434 e. The standard InChI is InChI=1S/C26H27N7O4/c1-29-21-5-3-17(13-19(21)15-27-29)25(18-4-6-22-20(14-18)16-28-30(22)2)31-9-11-32(12-10-31)26(36)37-33-23(34)7-8-24(33)35/h3-8,13-16,25,34-35H,9-12H2,1-2H3. The smallest absolute Gasteiger partial charge is 0.434 e. The summed E-state index contributed by atoms with van der Waals surface area (Å²) in [6.45, 7) is 2.09. The van der Waals surface area contributed by atoms with Gasteiger partial charge in [0.05, 0.1) is 29.5 Å². The number of carbonyl (C=O) groups excluding carboxylic acids is 1. The number of rotatable bonds is 4. The van der Waals surface area contributed by atoms with Crippen molar-refractivity contribution in [3.05, 3.63) is 72.1 Å². The van der Waals surface area contributed by atoms with E-state index < -0.39 is 6.09 Å². The summed E-state index contributed by atoms with van der Waals surface area (Å²) >= 11 is 0. The highest BCUT2D eigenvalue weighted by molar-refractivity contribution is 5.81. The van der Waals surface area contributed by atoms with E-state index in [4.69, 9.17) is 4.84 Å². The predicted molar refractivity (Wildman–Crippen MR) is 136 cm³/mol. The van der Waals surface area contributed by atoms with Gasteiger partial charge in [0.1, 0.15) is 0 Å². The van der Waals surface area contributed by atoms with Crippen LogP contribution in [0.3, 0.4) is 0 Å². The number of aromatic nitrogens is 5. The largest absolute Gasteiger partial charge is 0.492 e. The quantitative estimate of drug-likeness (QED) is 0.389. The number of aryl methyl sites for hydroxylation is 2. The molecule has 1 aliphatic heterocycles. The van der Waals surface area contributed by atoms with E-state index in [0.717, 1.165) is 32.9 Å². The van der Waals surface area contributed by atoms with Crippen LogP contribution in [-0.4, -0.2) is 76.6 Å². The van der Waals surface area contributed by atoms with Crippen LogP contribution in [0.1, 0.15) is 17.2 Å². The van der Waals surface area contributed by atoms with Crippen LogP contribution in [0.25, 0.3) is 21.8 Å². The number of nitrogens with zero attached hydrogens (tertiary/aromatic N) is 7. The molecular formula is C26H27N7O4. The average molecular weight is 502 g/mol. The van der Waals surface area contributed by atoms with Gasteiger partial charge in [-0.05, 0) is 35.4 Å². The molecule has 0 aliphatic carbocycles. The minimum absolute atomic E-state index is 0.0371. The number of fused-ring (bicyclic) bond motifs is 2. The molecule has 5 aromatic rings.